The highest BCUT2D eigenvalue weighted by Crippen LogP contribution is 2.10. The summed E-state index contributed by atoms with van der Waals surface area (Å²) in [5.74, 6) is -0.279. The molecule has 0 aliphatic rings. The molecule has 92 valence electrons. The average Bonchev–Trinajstić information content (AvgIpc) is 2.29. The van der Waals surface area contributed by atoms with Crippen molar-refractivity contribution in [3.05, 3.63) is 35.4 Å². The molecule has 0 aromatic heterocycles. The van der Waals surface area contributed by atoms with Gasteiger partial charge < -0.3 is 4.74 Å². The lowest BCUT2D eigenvalue weighted by atomic mass is 10.0. The maximum atomic E-state index is 11.4. The fourth-order valence-corrected chi connectivity index (χ4v) is 1.51. The number of esters is 1. The Hall–Kier alpha value is -1.64. The molecule has 0 saturated heterocycles. The van der Waals surface area contributed by atoms with Gasteiger partial charge in [-0.3, -0.25) is 9.59 Å². The normalized spacial score (nSPS) is 10.4. The molecule has 0 bridgehead atoms. The molecule has 0 N–H and O–H groups in total. The van der Waals surface area contributed by atoms with Crippen molar-refractivity contribution in [3.8, 4) is 0 Å². The van der Waals surface area contributed by atoms with Crippen molar-refractivity contribution in [2.45, 2.75) is 27.2 Å². The minimum Gasteiger partial charge on any atom is -0.465 e. The lowest BCUT2D eigenvalue weighted by Gasteiger charge is -2.09. The van der Waals surface area contributed by atoms with Crippen molar-refractivity contribution < 1.29 is 14.3 Å². The molecule has 0 heterocycles. The van der Waals surface area contributed by atoms with E-state index in [1.165, 1.54) is 0 Å². The first kappa shape index (κ1) is 13.4. The molecule has 0 amide bonds. The Labute approximate surface area is 102 Å². The standard InChI is InChI=1S/C14H18O3/c1-10(2)14(16)17-9-8-12-6-4-5-7-13(12)11(3)15/h4-7,10H,8-9H2,1-3H3. The summed E-state index contributed by atoms with van der Waals surface area (Å²) in [7, 11) is 0. The van der Waals surface area contributed by atoms with Crippen LogP contribution in [0.4, 0.5) is 0 Å². The van der Waals surface area contributed by atoms with Crippen molar-refractivity contribution in [2.75, 3.05) is 6.61 Å². The van der Waals surface area contributed by atoms with Crippen LogP contribution in [0.3, 0.4) is 0 Å². The zero-order valence-electron chi connectivity index (χ0n) is 10.5. The SMILES string of the molecule is CC(=O)c1ccccc1CCOC(=O)C(C)C. The summed E-state index contributed by atoms with van der Waals surface area (Å²) >= 11 is 0. The number of Topliss-reactive ketones (excluding diaryl/α,β-unsaturated/α-hetero) is 1. The predicted molar refractivity (Wildman–Crippen MR) is 65.9 cm³/mol. The van der Waals surface area contributed by atoms with E-state index >= 15 is 0 Å². The van der Waals surface area contributed by atoms with E-state index in [1.54, 1.807) is 26.8 Å². The van der Waals surface area contributed by atoms with E-state index in [4.69, 9.17) is 4.74 Å². The summed E-state index contributed by atoms with van der Waals surface area (Å²) in [6.45, 7) is 5.46. The van der Waals surface area contributed by atoms with Crippen LogP contribution < -0.4 is 0 Å². The van der Waals surface area contributed by atoms with E-state index in [9.17, 15) is 9.59 Å². The zero-order valence-corrected chi connectivity index (χ0v) is 10.5. The Balaban J connectivity index is 2.58. The van der Waals surface area contributed by atoms with E-state index in [1.807, 2.05) is 18.2 Å². The topological polar surface area (TPSA) is 43.4 Å². The molecule has 0 unspecified atom stereocenters. The second-order valence-corrected chi connectivity index (χ2v) is 4.29. The zero-order chi connectivity index (χ0) is 12.8. The van der Waals surface area contributed by atoms with E-state index in [2.05, 4.69) is 0 Å². The lowest BCUT2D eigenvalue weighted by Crippen LogP contribution is -2.14. The molecule has 3 heteroatoms. The molecule has 0 atom stereocenters. The van der Waals surface area contributed by atoms with Gasteiger partial charge in [-0.25, -0.2) is 0 Å². The quantitative estimate of drug-likeness (QED) is 0.581. The highest BCUT2D eigenvalue weighted by atomic mass is 16.5. The predicted octanol–water partition coefficient (Wildman–Crippen LogP) is 2.63. The van der Waals surface area contributed by atoms with Gasteiger partial charge in [0.05, 0.1) is 12.5 Å². The monoisotopic (exact) mass is 234 g/mol. The van der Waals surface area contributed by atoms with Gasteiger partial charge in [-0.15, -0.1) is 0 Å². The van der Waals surface area contributed by atoms with E-state index in [-0.39, 0.29) is 17.7 Å². The number of carbonyl (C=O) groups is 2. The third-order valence-electron chi connectivity index (χ3n) is 2.48. The van der Waals surface area contributed by atoms with Gasteiger partial charge in [-0.2, -0.15) is 0 Å². The van der Waals surface area contributed by atoms with Crippen molar-refractivity contribution in [1.82, 2.24) is 0 Å². The third-order valence-corrected chi connectivity index (χ3v) is 2.48. The van der Waals surface area contributed by atoms with Crippen molar-refractivity contribution in [2.24, 2.45) is 5.92 Å². The molecule has 0 saturated carbocycles. The van der Waals surface area contributed by atoms with Crippen LogP contribution in [0.15, 0.2) is 24.3 Å². The lowest BCUT2D eigenvalue weighted by molar-refractivity contribution is -0.147. The molecule has 0 radical (unpaired) electrons. The Kier molecular flexibility index (Phi) is 4.88. The number of benzene rings is 1. The summed E-state index contributed by atoms with van der Waals surface area (Å²) in [6.07, 6.45) is 0.578. The smallest absolute Gasteiger partial charge is 0.308 e. The largest absolute Gasteiger partial charge is 0.465 e. The van der Waals surface area contributed by atoms with Crippen LogP contribution in [0, 0.1) is 5.92 Å². The van der Waals surface area contributed by atoms with Gasteiger partial charge in [0.1, 0.15) is 0 Å². The third kappa shape index (κ3) is 4.02. The van der Waals surface area contributed by atoms with Crippen molar-refractivity contribution in [1.29, 1.82) is 0 Å². The van der Waals surface area contributed by atoms with E-state index in [0.29, 0.717) is 18.6 Å². The molecule has 0 aliphatic carbocycles. The molecule has 3 nitrogen and oxygen atoms in total. The Bertz CT molecular complexity index is 408. The molecule has 0 spiro atoms. The number of hydrogen-bond acceptors (Lipinski definition) is 3. The first-order chi connectivity index (χ1) is 8.02. The van der Waals surface area contributed by atoms with Gasteiger partial charge in [0.15, 0.2) is 5.78 Å². The summed E-state index contributed by atoms with van der Waals surface area (Å²) in [4.78, 5) is 22.6. The average molecular weight is 234 g/mol. The van der Waals surface area contributed by atoms with E-state index < -0.39 is 0 Å². The Morgan fingerprint density at radius 1 is 1.24 bits per heavy atom. The number of carbonyl (C=O) groups excluding carboxylic acids is 2. The molecular formula is C14H18O3. The van der Waals surface area contributed by atoms with Gasteiger partial charge in [-0.05, 0) is 12.5 Å². The minimum atomic E-state index is -0.203. The van der Waals surface area contributed by atoms with Crippen LogP contribution in [0.5, 0.6) is 0 Å². The molecule has 0 aliphatic heterocycles. The van der Waals surface area contributed by atoms with Crippen LogP contribution in [-0.2, 0) is 16.0 Å². The fourth-order valence-electron chi connectivity index (χ4n) is 1.51. The molecule has 1 rings (SSSR count). The van der Waals surface area contributed by atoms with Crippen LogP contribution in [-0.4, -0.2) is 18.4 Å². The second-order valence-electron chi connectivity index (χ2n) is 4.29. The molecule has 1 aromatic rings. The number of rotatable bonds is 5. The van der Waals surface area contributed by atoms with Crippen molar-refractivity contribution >= 4 is 11.8 Å². The maximum absolute atomic E-state index is 11.4. The molecular weight excluding hydrogens is 216 g/mol. The first-order valence-electron chi connectivity index (χ1n) is 5.78. The Morgan fingerprint density at radius 2 is 1.88 bits per heavy atom. The van der Waals surface area contributed by atoms with Crippen LogP contribution in [0.25, 0.3) is 0 Å². The van der Waals surface area contributed by atoms with Gasteiger partial charge in [0.2, 0.25) is 0 Å². The van der Waals surface area contributed by atoms with Crippen molar-refractivity contribution in [3.63, 3.8) is 0 Å². The summed E-state index contributed by atoms with van der Waals surface area (Å²) in [6, 6.07) is 7.40. The highest BCUT2D eigenvalue weighted by molar-refractivity contribution is 5.95. The first-order valence-corrected chi connectivity index (χ1v) is 5.78. The minimum absolute atomic E-state index is 0.0378. The van der Waals surface area contributed by atoms with Gasteiger partial charge in [-0.1, -0.05) is 38.1 Å². The van der Waals surface area contributed by atoms with Gasteiger partial charge in [0, 0.05) is 12.0 Å². The van der Waals surface area contributed by atoms with Crippen LogP contribution in [0.2, 0.25) is 0 Å². The number of ketones is 1. The molecule has 1 aromatic carbocycles. The highest BCUT2D eigenvalue weighted by Gasteiger charge is 2.10. The van der Waals surface area contributed by atoms with Crippen LogP contribution in [0.1, 0.15) is 36.7 Å². The van der Waals surface area contributed by atoms with E-state index in [0.717, 1.165) is 5.56 Å². The summed E-state index contributed by atoms with van der Waals surface area (Å²) < 4.78 is 5.09. The van der Waals surface area contributed by atoms with Crippen LogP contribution >= 0.6 is 0 Å². The number of hydrogen-bond donors (Lipinski definition) is 0. The Morgan fingerprint density at radius 3 is 2.47 bits per heavy atom. The molecule has 17 heavy (non-hydrogen) atoms. The summed E-state index contributed by atoms with van der Waals surface area (Å²) in [5, 5.41) is 0. The molecule has 0 fully saturated rings. The van der Waals surface area contributed by atoms with Gasteiger partial charge >= 0.3 is 5.97 Å². The number of ether oxygens (including phenoxy) is 1. The summed E-state index contributed by atoms with van der Waals surface area (Å²) in [5.41, 5.74) is 1.63. The maximum Gasteiger partial charge on any atom is 0.308 e. The second kappa shape index (κ2) is 6.18. The van der Waals surface area contributed by atoms with Gasteiger partial charge in [0.25, 0.3) is 0 Å². The fraction of sp³-hybridized carbons (Fsp3) is 0.429.